The summed E-state index contributed by atoms with van der Waals surface area (Å²) in [4.78, 5) is 13.4. The van der Waals surface area contributed by atoms with Gasteiger partial charge in [-0.05, 0) is 36.4 Å². The number of nitrogens with zero attached hydrogens (tertiary/aromatic N) is 1. The van der Waals surface area contributed by atoms with Crippen molar-refractivity contribution in [2.75, 3.05) is 35.9 Å². The third-order valence-electron chi connectivity index (χ3n) is 4.46. The second kappa shape index (κ2) is 7.46. The average molecular weight is 421 g/mol. The molecule has 0 spiro atoms. The highest BCUT2D eigenvalue weighted by atomic mass is 35.5. The Morgan fingerprint density at radius 2 is 1.82 bits per heavy atom. The Hall–Kier alpha value is -2.55. The monoisotopic (exact) mass is 420 g/mol. The van der Waals surface area contributed by atoms with Gasteiger partial charge >= 0.3 is 5.63 Å². The van der Waals surface area contributed by atoms with Gasteiger partial charge in [-0.25, -0.2) is 13.2 Å². The lowest BCUT2D eigenvalue weighted by atomic mass is 10.2. The van der Waals surface area contributed by atoms with Gasteiger partial charge in [0.05, 0.1) is 34.5 Å². The van der Waals surface area contributed by atoms with Gasteiger partial charge in [0.25, 0.3) is 10.0 Å². The van der Waals surface area contributed by atoms with E-state index < -0.39 is 15.6 Å². The Bertz CT molecular complexity index is 1190. The lowest BCUT2D eigenvalue weighted by molar-refractivity contribution is 0.123. The van der Waals surface area contributed by atoms with Crippen LogP contribution in [0.25, 0.3) is 11.0 Å². The summed E-state index contributed by atoms with van der Waals surface area (Å²) >= 11 is 6.37. The predicted octanol–water partition coefficient (Wildman–Crippen LogP) is 3.08. The van der Waals surface area contributed by atoms with E-state index in [1.807, 2.05) is 4.90 Å². The van der Waals surface area contributed by atoms with E-state index in [4.69, 9.17) is 20.8 Å². The van der Waals surface area contributed by atoms with E-state index in [1.165, 1.54) is 30.3 Å². The highest BCUT2D eigenvalue weighted by Gasteiger charge is 2.22. The minimum absolute atomic E-state index is 0.0572. The van der Waals surface area contributed by atoms with E-state index in [-0.39, 0.29) is 4.90 Å². The van der Waals surface area contributed by atoms with E-state index in [0.717, 1.165) is 0 Å². The van der Waals surface area contributed by atoms with Crippen molar-refractivity contribution in [1.82, 2.24) is 0 Å². The Balaban J connectivity index is 1.71. The molecule has 0 aliphatic carbocycles. The number of anilines is 2. The Kier molecular flexibility index (Phi) is 5.01. The first-order valence-corrected chi connectivity index (χ1v) is 10.5. The molecule has 0 amide bonds. The molecular formula is C19H17ClN2O5S. The maximum Gasteiger partial charge on any atom is 0.336 e. The standard InChI is InChI=1S/C19H17ClN2O5S/c20-15-2-1-3-16(19(15)22-8-10-26-11-9-22)21-28(24,25)14-5-6-17-13(12-14)4-7-18(23)27-17/h1-7,12,21H,8-11H2. The predicted molar refractivity (Wildman–Crippen MR) is 108 cm³/mol. The Morgan fingerprint density at radius 3 is 2.61 bits per heavy atom. The van der Waals surface area contributed by atoms with Gasteiger partial charge in [-0.15, -0.1) is 0 Å². The summed E-state index contributed by atoms with van der Waals surface area (Å²) in [6.07, 6.45) is 0. The zero-order valence-corrected chi connectivity index (χ0v) is 16.3. The first kappa shape index (κ1) is 18.8. The molecule has 28 heavy (non-hydrogen) atoms. The van der Waals surface area contributed by atoms with Crippen molar-refractivity contribution in [2.45, 2.75) is 4.90 Å². The van der Waals surface area contributed by atoms with Gasteiger partial charge in [0.1, 0.15) is 5.58 Å². The van der Waals surface area contributed by atoms with Crippen molar-refractivity contribution in [3.8, 4) is 0 Å². The Morgan fingerprint density at radius 1 is 1.04 bits per heavy atom. The number of para-hydroxylation sites is 1. The molecule has 0 unspecified atom stereocenters. The van der Waals surface area contributed by atoms with Gasteiger partial charge < -0.3 is 14.1 Å². The normalized spacial score (nSPS) is 15.0. The zero-order valence-electron chi connectivity index (χ0n) is 14.7. The smallest absolute Gasteiger partial charge is 0.336 e. The molecule has 1 N–H and O–H groups in total. The molecule has 0 saturated carbocycles. The van der Waals surface area contributed by atoms with Gasteiger partial charge in [0.15, 0.2) is 0 Å². The highest BCUT2D eigenvalue weighted by molar-refractivity contribution is 7.92. The maximum atomic E-state index is 13.0. The first-order chi connectivity index (χ1) is 13.4. The number of hydrogen-bond acceptors (Lipinski definition) is 6. The summed E-state index contributed by atoms with van der Waals surface area (Å²) in [6.45, 7) is 2.33. The number of sulfonamides is 1. The molecule has 1 saturated heterocycles. The van der Waals surface area contributed by atoms with Crippen molar-refractivity contribution in [2.24, 2.45) is 0 Å². The summed E-state index contributed by atoms with van der Waals surface area (Å²) in [7, 11) is -3.88. The average Bonchev–Trinajstić information content (AvgIpc) is 2.68. The number of ether oxygens (including phenoxy) is 1. The molecular weight excluding hydrogens is 404 g/mol. The number of nitrogens with one attached hydrogen (secondary N) is 1. The second-order valence-electron chi connectivity index (χ2n) is 6.29. The van der Waals surface area contributed by atoms with Gasteiger partial charge in [0.2, 0.25) is 0 Å². The number of rotatable bonds is 4. The third kappa shape index (κ3) is 3.71. The highest BCUT2D eigenvalue weighted by Crippen LogP contribution is 2.35. The van der Waals surface area contributed by atoms with Crippen molar-refractivity contribution >= 4 is 44.0 Å². The molecule has 9 heteroatoms. The fourth-order valence-electron chi connectivity index (χ4n) is 3.13. The second-order valence-corrected chi connectivity index (χ2v) is 8.38. The minimum Gasteiger partial charge on any atom is -0.423 e. The lowest BCUT2D eigenvalue weighted by Gasteiger charge is -2.31. The molecule has 7 nitrogen and oxygen atoms in total. The number of hydrogen-bond donors (Lipinski definition) is 1. The van der Waals surface area contributed by atoms with Gasteiger partial charge in [0, 0.05) is 24.5 Å². The molecule has 1 fully saturated rings. The molecule has 4 rings (SSSR count). The molecule has 1 aliphatic heterocycles. The summed E-state index contributed by atoms with van der Waals surface area (Å²) in [6, 6.07) is 12.2. The van der Waals surface area contributed by atoms with Crippen LogP contribution in [0.15, 0.2) is 62.6 Å². The molecule has 0 atom stereocenters. The molecule has 2 aromatic carbocycles. The van der Waals surface area contributed by atoms with E-state index in [0.29, 0.717) is 53.7 Å². The van der Waals surface area contributed by atoms with Crippen LogP contribution < -0.4 is 15.2 Å². The number of morpholine rings is 1. The molecule has 2 heterocycles. The fraction of sp³-hybridized carbons (Fsp3) is 0.211. The maximum absolute atomic E-state index is 13.0. The lowest BCUT2D eigenvalue weighted by Crippen LogP contribution is -2.37. The van der Waals surface area contributed by atoms with Crippen molar-refractivity contribution in [3.63, 3.8) is 0 Å². The topological polar surface area (TPSA) is 88.9 Å². The number of halogens is 1. The van der Waals surface area contributed by atoms with Crippen molar-refractivity contribution in [1.29, 1.82) is 0 Å². The van der Waals surface area contributed by atoms with E-state index in [2.05, 4.69) is 4.72 Å². The third-order valence-corrected chi connectivity index (χ3v) is 6.13. The minimum atomic E-state index is -3.88. The van der Waals surface area contributed by atoms with Crippen LogP contribution in [0.4, 0.5) is 11.4 Å². The number of benzene rings is 2. The van der Waals surface area contributed by atoms with Crippen LogP contribution in [-0.2, 0) is 14.8 Å². The van der Waals surface area contributed by atoms with E-state index in [1.54, 1.807) is 18.2 Å². The summed E-state index contributed by atoms with van der Waals surface area (Å²) in [5, 5.41) is 0.976. The Labute approximate surface area is 166 Å². The fourth-order valence-corrected chi connectivity index (χ4v) is 4.52. The number of fused-ring (bicyclic) bond motifs is 1. The molecule has 0 radical (unpaired) electrons. The van der Waals surface area contributed by atoms with Crippen LogP contribution in [0, 0.1) is 0 Å². The van der Waals surface area contributed by atoms with Gasteiger partial charge in [-0.2, -0.15) is 0 Å². The SMILES string of the molecule is O=c1ccc2cc(S(=O)(=O)Nc3cccc(Cl)c3N3CCOCC3)ccc2o1. The van der Waals surface area contributed by atoms with Gasteiger partial charge in [-0.1, -0.05) is 17.7 Å². The summed E-state index contributed by atoms with van der Waals surface area (Å²) in [5.41, 5.74) is 0.857. The quantitative estimate of drug-likeness (QED) is 0.652. The molecule has 1 aromatic heterocycles. The van der Waals surface area contributed by atoms with Crippen LogP contribution in [-0.4, -0.2) is 34.7 Å². The van der Waals surface area contributed by atoms with Crippen LogP contribution >= 0.6 is 11.6 Å². The van der Waals surface area contributed by atoms with Crippen LogP contribution in [0.5, 0.6) is 0 Å². The van der Waals surface area contributed by atoms with Crippen molar-refractivity contribution in [3.05, 3.63) is 64.0 Å². The van der Waals surface area contributed by atoms with Crippen LogP contribution in [0.2, 0.25) is 5.02 Å². The molecule has 0 bridgehead atoms. The van der Waals surface area contributed by atoms with Crippen LogP contribution in [0.3, 0.4) is 0 Å². The van der Waals surface area contributed by atoms with E-state index >= 15 is 0 Å². The zero-order chi connectivity index (χ0) is 19.7. The summed E-state index contributed by atoms with van der Waals surface area (Å²) < 4.78 is 39.0. The molecule has 1 aliphatic rings. The molecule has 146 valence electrons. The van der Waals surface area contributed by atoms with E-state index in [9.17, 15) is 13.2 Å². The largest absolute Gasteiger partial charge is 0.423 e. The van der Waals surface area contributed by atoms with Crippen LogP contribution in [0.1, 0.15) is 0 Å². The van der Waals surface area contributed by atoms with Crippen molar-refractivity contribution < 1.29 is 17.6 Å². The van der Waals surface area contributed by atoms with Gasteiger partial charge in [-0.3, -0.25) is 4.72 Å². The summed E-state index contributed by atoms with van der Waals surface area (Å²) in [5.74, 6) is 0. The molecule has 3 aromatic rings. The first-order valence-electron chi connectivity index (χ1n) is 8.62.